The summed E-state index contributed by atoms with van der Waals surface area (Å²) in [5.41, 5.74) is 8.59. The van der Waals surface area contributed by atoms with Crippen molar-refractivity contribution in [3.63, 3.8) is 0 Å². The average Bonchev–Trinajstić information content (AvgIpc) is 2.33. The van der Waals surface area contributed by atoms with Gasteiger partial charge in [-0.15, -0.1) is 0 Å². The van der Waals surface area contributed by atoms with Gasteiger partial charge in [0.2, 0.25) is 0 Å². The number of nitrogens with two attached hydrogens (primary N) is 1. The normalized spacial score (nSPS) is 11.2. The minimum absolute atomic E-state index is 0.290. The molecule has 0 radical (unpaired) electrons. The highest BCUT2D eigenvalue weighted by atomic mass is 32.1. The first-order chi connectivity index (χ1) is 8.58. The fraction of sp³-hybridized carbons (Fsp3) is 0.154. The molecular formula is C13H11N3OS. The first kappa shape index (κ1) is 11.1. The van der Waals surface area contributed by atoms with E-state index >= 15 is 0 Å². The van der Waals surface area contributed by atoms with E-state index in [0.29, 0.717) is 10.5 Å². The van der Waals surface area contributed by atoms with Crippen molar-refractivity contribution in [3.8, 4) is 0 Å². The maximum Gasteiger partial charge on any atom is 0.282 e. The Hall–Kier alpha value is -2.01. The molecule has 0 spiro atoms. The molecule has 0 fully saturated rings. The predicted molar refractivity (Wildman–Crippen MR) is 75.1 cm³/mol. The van der Waals surface area contributed by atoms with E-state index in [1.54, 1.807) is 6.20 Å². The van der Waals surface area contributed by atoms with Crippen LogP contribution in [-0.2, 0) is 0 Å². The number of aromatic nitrogens is 2. The molecule has 2 aromatic heterocycles. The third-order valence-electron chi connectivity index (χ3n) is 3.16. The van der Waals surface area contributed by atoms with Crippen LogP contribution < -0.4 is 11.3 Å². The van der Waals surface area contributed by atoms with Crippen molar-refractivity contribution < 1.29 is 0 Å². The topological polar surface area (TPSA) is 68.9 Å². The fourth-order valence-electron chi connectivity index (χ4n) is 2.03. The van der Waals surface area contributed by atoms with Gasteiger partial charge in [-0.2, -0.15) is 4.98 Å². The number of anilines is 1. The number of aryl methyl sites for hydroxylation is 2. The van der Waals surface area contributed by atoms with E-state index in [4.69, 9.17) is 5.73 Å². The molecule has 4 nitrogen and oxygen atoms in total. The zero-order chi connectivity index (χ0) is 12.9. The number of rotatable bonds is 0. The van der Waals surface area contributed by atoms with E-state index in [-0.39, 0.29) is 5.56 Å². The highest BCUT2D eigenvalue weighted by Gasteiger charge is 2.10. The summed E-state index contributed by atoms with van der Waals surface area (Å²) >= 11 is 1.33. The van der Waals surface area contributed by atoms with Gasteiger partial charge in [-0.1, -0.05) is 23.5 Å². The Balaban J connectivity index is 2.62. The van der Waals surface area contributed by atoms with Crippen molar-refractivity contribution in [2.24, 2.45) is 0 Å². The van der Waals surface area contributed by atoms with Crippen LogP contribution in [0.3, 0.4) is 0 Å². The van der Waals surface area contributed by atoms with Gasteiger partial charge in [-0.3, -0.25) is 9.78 Å². The SMILES string of the molecule is Cc1ccc2c(ncc3c(=O)nc(N)sc32)c1C. The number of nitrogens with zero attached hydrogens (tertiary/aromatic N) is 2. The number of fused-ring (bicyclic) bond motifs is 3. The highest BCUT2D eigenvalue weighted by Crippen LogP contribution is 2.29. The first-order valence-electron chi connectivity index (χ1n) is 5.53. The summed E-state index contributed by atoms with van der Waals surface area (Å²) in [6.07, 6.45) is 1.59. The van der Waals surface area contributed by atoms with E-state index in [0.717, 1.165) is 21.2 Å². The number of pyridine rings is 1. The van der Waals surface area contributed by atoms with Gasteiger partial charge in [0.15, 0.2) is 5.13 Å². The molecule has 0 saturated carbocycles. The summed E-state index contributed by atoms with van der Waals surface area (Å²) in [6.45, 7) is 4.08. The van der Waals surface area contributed by atoms with Crippen LogP contribution in [-0.4, -0.2) is 9.97 Å². The second-order valence-electron chi connectivity index (χ2n) is 4.26. The molecule has 2 heterocycles. The Labute approximate surface area is 107 Å². The molecule has 5 heteroatoms. The van der Waals surface area contributed by atoms with Crippen molar-refractivity contribution in [3.05, 3.63) is 39.8 Å². The summed E-state index contributed by atoms with van der Waals surface area (Å²) < 4.78 is 0.862. The molecule has 0 aliphatic carbocycles. The highest BCUT2D eigenvalue weighted by molar-refractivity contribution is 7.22. The van der Waals surface area contributed by atoms with Crippen LogP contribution in [0.25, 0.3) is 21.0 Å². The van der Waals surface area contributed by atoms with Crippen molar-refractivity contribution in [1.82, 2.24) is 9.97 Å². The van der Waals surface area contributed by atoms with Crippen molar-refractivity contribution in [1.29, 1.82) is 0 Å². The molecule has 0 aliphatic rings. The van der Waals surface area contributed by atoms with Gasteiger partial charge in [0, 0.05) is 11.6 Å². The number of benzene rings is 1. The molecular weight excluding hydrogens is 246 g/mol. The van der Waals surface area contributed by atoms with Crippen LogP contribution in [0.4, 0.5) is 5.13 Å². The number of hydrogen-bond acceptors (Lipinski definition) is 5. The van der Waals surface area contributed by atoms with Gasteiger partial charge < -0.3 is 5.73 Å². The third-order valence-corrected chi connectivity index (χ3v) is 4.11. The fourth-order valence-corrected chi connectivity index (χ4v) is 2.90. The summed E-state index contributed by atoms with van der Waals surface area (Å²) in [5, 5.41) is 1.79. The lowest BCUT2D eigenvalue weighted by Crippen LogP contribution is -2.08. The van der Waals surface area contributed by atoms with Gasteiger partial charge in [0.25, 0.3) is 5.56 Å². The zero-order valence-corrected chi connectivity index (χ0v) is 10.8. The van der Waals surface area contributed by atoms with Crippen LogP contribution >= 0.6 is 11.3 Å². The van der Waals surface area contributed by atoms with Crippen molar-refractivity contribution in [2.75, 3.05) is 5.73 Å². The number of hydrogen-bond donors (Lipinski definition) is 1. The van der Waals surface area contributed by atoms with Crippen LogP contribution in [0.15, 0.2) is 23.1 Å². The standard InChI is InChI=1S/C13H11N3OS/c1-6-3-4-8-10(7(6)2)15-5-9-11(8)18-13(14)16-12(9)17/h3-5H,1-2H3,(H2,14,16,17). The Morgan fingerprint density at radius 1 is 1.22 bits per heavy atom. The molecule has 0 saturated heterocycles. The van der Waals surface area contributed by atoms with Gasteiger partial charge in [0.1, 0.15) is 0 Å². The molecule has 0 aliphatic heterocycles. The summed E-state index contributed by atoms with van der Waals surface area (Å²) in [6, 6.07) is 4.02. The van der Waals surface area contributed by atoms with Crippen molar-refractivity contribution >= 4 is 37.5 Å². The molecule has 90 valence electrons. The minimum atomic E-state index is -0.311. The minimum Gasteiger partial charge on any atom is -0.375 e. The van der Waals surface area contributed by atoms with E-state index in [1.807, 2.05) is 26.0 Å². The monoisotopic (exact) mass is 257 g/mol. The zero-order valence-electron chi connectivity index (χ0n) is 10.0. The van der Waals surface area contributed by atoms with E-state index in [2.05, 4.69) is 9.97 Å². The Bertz CT molecular complexity index is 839. The second-order valence-corrected chi connectivity index (χ2v) is 5.29. The molecule has 1 aromatic carbocycles. The molecule has 0 amide bonds. The molecule has 0 atom stereocenters. The first-order valence-corrected chi connectivity index (χ1v) is 6.35. The van der Waals surface area contributed by atoms with Crippen LogP contribution in [0, 0.1) is 13.8 Å². The quantitative estimate of drug-likeness (QED) is 0.628. The largest absolute Gasteiger partial charge is 0.375 e. The molecule has 3 aromatic rings. The predicted octanol–water partition coefficient (Wildman–Crippen LogP) is 2.40. The summed E-state index contributed by atoms with van der Waals surface area (Å²) in [4.78, 5) is 19.9. The Morgan fingerprint density at radius 3 is 2.78 bits per heavy atom. The lowest BCUT2D eigenvalue weighted by molar-refractivity contribution is 1.29. The molecule has 0 bridgehead atoms. The maximum atomic E-state index is 11.8. The Morgan fingerprint density at radius 2 is 2.00 bits per heavy atom. The van der Waals surface area contributed by atoms with Crippen molar-refractivity contribution in [2.45, 2.75) is 13.8 Å². The maximum absolute atomic E-state index is 11.8. The summed E-state index contributed by atoms with van der Waals surface area (Å²) in [5.74, 6) is 0. The molecule has 0 unspecified atom stereocenters. The van der Waals surface area contributed by atoms with Crippen LogP contribution in [0.2, 0.25) is 0 Å². The summed E-state index contributed by atoms with van der Waals surface area (Å²) in [7, 11) is 0. The smallest absolute Gasteiger partial charge is 0.282 e. The Kier molecular flexibility index (Phi) is 2.31. The molecule has 3 rings (SSSR count). The third kappa shape index (κ3) is 1.48. The molecule has 2 N–H and O–H groups in total. The van der Waals surface area contributed by atoms with Gasteiger partial charge in [0.05, 0.1) is 15.6 Å². The molecule has 18 heavy (non-hydrogen) atoms. The van der Waals surface area contributed by atoms with E-state index in [9.17, 15) is 4.79 Å². The lowest BCUT2D eigenvalue weighted by Gasteiger charge is -2.07. The van der Waals surface area contributed by atoms with E-state index in [1.165, 1.54) is 16.9 Å². The average molecular weight is 257 g/mol. The van der Waals surface area contributed by atoms with Gasteiger partial charge >= 0.3 is 0 Å². The second kappa shape index (κ2) is 3.74. The van der Waals surface area contributed by atoms with Gasteiger partial charge in [-0.05, 0) is 25.0 Å². The van der Waals surface area contributed by atoms with E-state index < -0.39 is 0 Å². The number of nitrogen functional groups attached to an aromatic ring is 1. The van der Waals surface area contributed by atoms with Gasteiger partial charge in [-0.25, -0.2) is 0 Å². The van der Waals surface area contributed by atoms with Crippen LogP contribution in [0.5, 0.6) is 0 Å². The van der Waals surface area contributed by atoms with Crippen LogP contribution in [0.1, 0.15) is 11.1 Å². The lowest BCUT2D eigenvalue weighted by atomic mass is 10.1.